The first-order valence-electron chi connectivity index (χ1n) is 5.12. The first-order valence-corrected chi connectivity index (χ1v) is 5.12. The fourth-order valence-corrected chi connectivity index (χ4v) is 2.03. The van der Waals surface area contributed by atoms with Crippen molar-refractivity contribution < 1.29 is 10.2 Å². The summed E-state index contributed by atoms with van der Waals surface area (Å²) in [6.07, 6.45) is 0. The molecular formula is C14H14O2. The minimum atomic E-state index is -0.0980. The normalized spacial score (nSPS) is 10.9. The summed E-state index contributed by atoms with van der Waals surface area (Å²) in [6, 6.07) is 7.52. The maximum absolute atomic E-state index is 9.40. The third-order valence-corrected chi connectivity index (χ3v) is 2.89. The lowest BCUT2D eigenvalue weighted by Crippen LogP contribution is -2.12. The van der Waals surface area contributed by atoms with Crippen LogP contribution >= 0.6 is 0 Å². The molecule has 0 heterocycles. The summed E-state index contributed by atoms with van der Waals surface area (Å²) in [6.45, 7) is 7.73. The lowest BCUT2D eigenvalue weighted by molar-refractivity contribution is 0.261. The summed E-state index contributed by atoms with van der Waals surface area (Å²) >= 11 is 0. The third-order valence-electron chi connectivity index (χ3n) is 2.89. The van der Waals surface area contributed by atoms with Gasteiger partial charge in [0.1, 0.15) is 0 Å². The summed E-state index contributed by atoms with van der Waals surface area (Å²) in [4.78, 5) is 0. The van der Waals surface area contributed by atoms with E-state index < -0.39 is 0 Å². The van der Waals surface area contributed by atoms with E-state index in [9.17, 15) is 10.2 Å². The first-order chi connectivity index (χ1) is 7.69. The van der Waals surface area contributed by atoms with E-state index in [1.807, 2.05) is 24.3 Å². The number of benzene rings is 2. The van der Waals surface area contributed by atoms with Gasteiger partial charge in [-0.25, -0.2) is 0 Å². The Kier molecular flexibility index (Phi) is 2.77. The number of aliphatic hydroxyl groups is 2. The molecule has 0 fully saturated rings. The Labute approximate surface area is 93.8 Å². The Morgan fingerprint density at radius 2 is 1.56 bits per heavy atom. The molecule has 2 rings (SSSR count). The van der Waals surface area contributed by atoms with Gasteiger partial charge in [0, 0.05) is 0 Å². The van der Waals surface area contributed by atoms with Gasteiger partial charge in [-0.1, -0.05) is 37.4 Å². The maximum atomic E-state index is 9.40. The van der Waals surface area contributed by atoms with Crippen molar-refractivity contribution >= 4 is 23.9 Å². The molecule has 82 valence electrons. The summed E-state index contributed by atoms with van der Waals surface area (Å²) in [5.41, 5.74) is 1.49. The Morgan fingerprint density at radius 3 is 2.19 bits per heavy atom. The van der Waals surface area contributed by atoms with Crippen molar-refractivity contribution in [1.82, 2.24) is 0 Å². The van der Waals surface area contributed by atoms with Crippen LogP contribution < -0.4 is 10.4 Å². The Balaban J connectivity index is 3.03. The largest absolute Gasteiger partial charge is 0.392 e. The van der Waals surface area contributed by atoms with Crippen LogP contribution in [0.25, 0.3) is 23.9 Å². The van der Waals surface area contributed by atoms with Crippen molar-refractivity contribution in [2.75, 3.05) is 0 Å². The molecule has 2 nitrogen and oxygen atoms in total. The second kappa shape index (κ2) is 4.08. The summed E-state index contributed by atoms with van der Waals surface area (Å²) in [7, 11) is 0. The molecule has 2 aromatic rings. The Bertz CT molecular complexity index is 629. The molecule has 0 spiro atoms. The van der Waals surface area contributed by atoms with Crippen molar-refractivity contribution in [3.8, 4) is 0 Å². The SMILES string of the molecule is C=c1ccc(=C)c2c(CO)c(CO)ccc12. The molecule has 0 unspecified atom stereocenters. The van der Waals surface area contributed by atoms with E-state index in [-0.39, 0.29) is 13.2 Å². The van der Waals surface area contributed by atoms with E-state index in [0.717, 1.165) is 32.3 Å². The lowest BCUT2D eigenvalue weighted by atomic mass is 9.97. The average Bonchev–Trinajstić information content (AvgIpc) is 2.32. The second-order valence-electron chi connectivity index (χ2n) is 3.83. The topological polar surface area (TPSA) is 40.5 Å². The smallest absolute Gasteiger partial charge is 0.0691 e. The van der Waals surface area contributed by atoms with Crippen LogP contribution in [0.15, 0.2) is 24.3 Å². The third kappa shape index (κ3) is 1.52. The van der Waals surface area contributed by atoms with Crippen LogP contribution in [-0.2, 0) is 13.2 Å². The zero-order valence-electron chi connectivity index (χ0n) is 9.03. The van der Waals surface area contributed by atoms with E-state index in [1.54, 1.807) is 0 Å². The summed E-state index contributed by atoms with van der Waals surface area (Å²) < 4.78 is 0. The first kappa shape index (κ1) is 10.9. The number of hydrogen-bond donors (Lipinski definition) is 2. The summed E-state index contributed by atoms with van der Waals surface area (Å²) in [5.74, 6) is 0. The van der Waals surface area contributed by atoms with Gasteiger partial charge in [-0.05, 0) is 32.3 Å². The monoisotopic (exact) mass is 214 g/mol. The van der Waals surface area contributed by atoms with Crippen LogP contribution in [0.4, 0.5) is 0 Å². The van der Waals surface area contributed by atoms with Gasteiger partial charge in [-0.3, -0.25) is 0 Å². The predicted molar refractivity (Wildman–Crippen MR) is 66.1 cm³/mol. The van der Waals surface area contributed by atoms with Crippen molar-refractivity contribution in [1.29, 1.82) is 0 Å². The van der Waals surface area contributed by atoms with E-state index in [4.69, 9.17) is 0 Å². The van der Waals surface area contributed by atoms with Gasteiger partial charge in [0.15, 0.2) is 0 Å². The van der Waals surface area contributed by atoms with Crippen LogP contribution in [0.2, 0.25) is 0 Å². The predicted octanol–water partition coefficient (Wildman–Crippen LogP) is 0.645. The van der Waals surface area contributed by atoms with Crippen molar-refractivity contribution in [3.05, 3.63) is 45.8 Å². The number of rotatable bonds is 2. The van der Waals surface area contributed by atoms with E-state index in [2.05, 4.69) is 13.2 Å². The minimum absolute atomic E-state index is 0.0767. The maximum Gasteiger partial charge on any atom is 0.0691 e. The molecule has 16 heavy (non-hydrogen) atoms. The van der Waals surface area contributed by atoms with Gasteiger partial charge >= 0.3 is 0 Å². The highest BCUT2D eigenvalue weighted by Gasteiger charge is 2.07. The number of fused-ring (bicyclic) bond motifs is 1. The molecule has 0 aliphatic carbocycles. The van der Waals surface area contributed by atoms with E-state index in [0.29, 0.717) is 0 Å². The van der Waals surface area contributed by atoms with E-state index >= 15 is 0 Å². The molecule has 0 bridgehead atoms. The molecule has 0 saturated carbocycles. The van der Waals surface area contributed by atoms with E-state index in [1.165, 1.54) is 0 Å². The molecule has 0 saturated heterocycles. The zero-order valence-corrected chi connectivity index (χ0v) is 9.03. The highest BCUT2D eigenvalue weighted by molar-refractivity contribution is 5.87. The fraction of sp³-hybridized carbons (Fsp3) is 0.143. The van der Waals surface area contributed by atoms with Crippen molar-refractivity contribution in [3.63, 3.8) is 0 Å². The molecule has 2 aromatic carbocycles. The fourth-order valence-electron chi connectivity index (χ4n) is 2.03. The molecule has 0 amide bonds. The zero-order chi connectivity index (χ0) is 11.7. The highest BCUT2D eigenvalue weighted by atomic mass is 16.3. The van der Waals surface area contributed by atoms with Gasteiger partial charge in [-0.15, -0.1) is 0 Å². The molecular weight excluding hydrogens is 200 g/mol. The highest BCUT2D eigenvalue weighted by Crippen LogP contribution is 2.17. The lowest BCUT2D eigenvalue weighted by Gasteiger charge is -2.10. The van der Waals surface area contributed by atoms with Crippen LogP contribution in [0.3, 0.4) is 0 Å². The van der Waals surface area contributed by atoms with Gasteiger partial charge in [0.2, 0.25) is 0 Å². The molecule has 0 radical (unpaired) electrons. The Hall–Kier alpha value is -1.64. The number of aliphatic hydroxyl groups excluding tert-OH is 2. The average molecular weight is 214 g/mol. The van der Waals surface area contributed by atoms with Crippen LogP contribution in [-0.4, -0.2) is 10.2 Å². The molecule has 2 N–H and O–H groups in total. The summed E-state index contributed by atoms with van der Waals surface area (Å²) in [5, 5.41) is 22.3. The molecule has 0 atom stereocenters. The molecule has 0 aromatic heterocycles. The molecule has 0 aliphatic rings. The second-order valence-corrected chi connectivity index (χ2v) is 3.83. The quantitative estimate of drug-likeness (QED) is 0.770. The van der Waals surface area contributed by atoms with Gasteiger partial charge in [0.05, 0.1) is 13.2 Å². The van der Waals surface area contributed by atoms with Crippen molar-refractivity contribution in [2.24, 2.45) is 0 Å². The standard InChI is InChI=1S/C14H14O2/c1-9-3-4-10(2)14-12(9)6-5-11(7-15)13(14)8-16/h3-6,15-16H,1-2,7-8H2. The molecule has 0 aliphatic heterocycles. The van der Waals surface area contributed by atoms with Crippen LogP contribution in [0.5, 0.6) is 0 Å². The van der Waals surface area contributed by atoms with Gasteiger partial charge < -0.3 is 10.2 Å². The Morgan fingerprint density at radius 1 is 0.875 bits per heavy atom. The van der Waals surface area contributed by atoms with Crippen LogP contribution in [0, 0.1) is 0 Å². The van der Waals surface area contributed by atoms with Gasteiger partial charge in [0.25, 0.3) is 0 Å². The minimum Gasteiger partial charge on any atom is -0.392 e. The molecule has 2 heteroatoms. The number of hydrogen-bond acceptors (Lipinski definition) is 2. The van der Waals surface area contributed by atoms with Gasteiger partial charge in [-0.2, -0.15) is 0 Å². The van der Waals surface area contributed by atoms with Crippen LogP contribution in [0.1, 0.15) is 11.1 Å². The van der Waals surface area contributed by atoms with Crippen molar-refractivity contribution in [2.45, 2.75) is 13.2 Å².